The SMILES string of the molecule is CC1=C(O)C(=O)C=C2C1=CC=C1[C@@]2(C)CC[C@@]2(C)C3C[C@](C)(NC(=O)C(=O)NCCN4CCC5(CC4)CN(C)C5)CCC3(C)CC[C@]12C. The number of piperidine rings is 1. The van der Waals surface area contributed by atoms with Gasteiger partial charge in [-0.3, -0.25) is 14.4 Å². The zero-order chi connectivity index (χ0) is 34.5. The number of aliphatic hydroxyl groups excluding tert-OH is 1. The highest BCUT2D eigenvalue weighted by atomic mass is 16.3. The van der Waals surface area contributed by atoms with E-state index in [2.05, 4.69) is 74.3 Å². The van der Waals surface area contributed by atoms with Crippen LogP contribution in [0.2, 0.25) is 0 Å². The van der Waals surface area contributed by atoms with E-state index in [-0.39, 0.29) is 33.2 Å². The molecule has 0 aromatic rings. The van der Waals surface area contributed by atoms with Gasteiger partial charge in [0.15, 0.2) is 5.76 Å². The maximum absolute atomic E-state index is 13.4. The van der Waals surface area contributed by atoms with Crippen LogP contribution in [-0.2, 0) is 14.4 Å². The highest BCUT2D eigenvalue weighted by Gasteiger charge is 2.67. The zero-order valence-corrected chi connectivity index (χ0v) is 30.5. The number of nitrogens with one attached hydrogen (secondary N) is 2. The Morgan fingerprint density at radius 2 is 1.60 bits per heavy atom. The second-order valence-corrected chi connectivity index (χ2v) is 18.3. The van der Waals surface area contributed by atoms with E-state index >= 15 is 0 Å². The first-order valence-corrected chi connectivity index (χ1v) is 18.6. The molecule has 2 saturated heterocycles. The number of carbonyl (C=O) groups excluding carboxylic acids is 3. The van der Waals surface area contributed by atoms with Gasteiger partial charge < -0.3 is 25.5 Å². The molecule has 0 radical (unpaired) electrons. The van der Waals surface area contributed by atoms with E-state index in [9.17, 15) is 19.5 Å². The molecule has 0 aromatic carbocycles. The van der Waals surface area contributed by atoms with Crippen LogP contribution in [-0.4, -0.2) is 84.4 Å². The fourth-order valence-corrected chi connectivity index (χ4v) is 12.0. The van der Waals surface area contributed by atoms with Crippen molar-refractivity contribution >= 4 is 17.6 Å². The Labute approximate surface area is 287 Å². The molecule has 8 nitrogen and oxygen atoms in total. The van der Waals surface area contributed by atoms with Crippen molar-refractivity contribution in [3.05, 3.63) is 46.3 Å². The lowest BCUT2D eigenvalue weighted by atomic mass is 9.35. The third-order valence-electron chi connectivity index (χ3n) is 15.3. The second-order valence-electron chi connectivity index (χ2n) is 18.3. The third-order valence-corrected chi connectivity index (χ3v) is 15.3. The summed E-state index contributed by atoms with van der Waals surface area (Å²) < 4.78 is 0. The molecule has 7 rings (SSSR count). The second kappa shape index (κ2) is 11.1. The predicted octanol–water partition coefficient (Wildman–Crippen LogP) is 5.63. The Hall–Kier alpha value is -2.71. The quantitative estimate of drug-likeness (QED) is 0.339. The Bertz CT molecular complexity index is 1560. The summed E-state index contributed by atoms with van der Waals surface area (Å²) in [5.41, 5.74) is 3.97. The Kier molecular flexibility index (Phi) is 7.84. The molecule has 6 atom stereocenters. The number of nitrogens with zero attached hydrogens (tertiary/aromatic N) is 2. The number of fused-ring (bicyclic) bond motifs is 7. The first-order valence-electron chi connectivity index (χ1n) is 18.6. The van der Waals surface area contributed by atoms with Gasteiger partial charge in [0.2, 0.25) is 5.78 Å². The summed E-state index contributed by atoms with van der Waals surface area (Å²) in [6.07, 6.45) is 15.5. The summed E-state index contributed by atoms with van der Waals surface area (Å²) in [4.78, 5) is 44.0. The molecule has 0 aromatic heterocycles. The number of carbonyl (C=O) groups is 3. The number of hydrogen-bond acceptors (Lipinski definition) is 6. The van der Waals surface area contributed by atoms with Crippen molar-refractivity contribution in [1.82, 2.24) is 20.4 Å². The molecule has 3 N–H and O–H groups in total. The highest BCUT2D eigenvalue weighted by molar-refractivity contribution is 6.35. The minimum atomic E-state index is -0.521. The van der Waals surface area contributed by atoms with Crippen LogP contribution in [0.5, 0.6) is 0 Å². The molecule has 1 spiro atoms. The van der Waals surface area contributed by atoms with Crippen molar-refractivity contribution in [2.45, 2.75) is 105 Å². The Balaban J connectivity index is 1.03. The number of allylic oxidation sites excluding steroid dienone is 7. The van der Waals surface area contributed by atoms with Crippen molar-refractivity contribution in [2.24, 2.45) is 33.0 Å². The molecule has 2 heterocycles. The van der Waals surface area contributed by atoms with E-state index in [0.29, 0.717) is 23.5 Å². The van der Waals surface area contributed by atoms with Crippen LogP contribution in [0.15, 0.2) is 46.3 Å². The van der Waals surface area contributed by atoms with Gasteiger partial charge in [0.1, 0.15) is 0 Å². The standard InChI is InChI=1S/C40H58N4O4/c1-26-27-8-9-30-37(4,28(27)22-29(45)32(26)46)13-15-39(6)31-23-36(3,12-10-35(31,2)11-14-38(30,39)5)42-34(48)33(47)41-18-21-44-19-16-40(17-20-44)24-43(7)25-40/h8-9,22,31,46H,10-21,23-25H2,1-7H3,(H,41,47)(H,42,48)/t31?,35?,36-,37+,38-,39+/m1/s1. The van der Waals surface area contributed by atoms with Crippen molar-refractivity contribution in [3.63, 3.8) is 0 Å². The van der Waals surface area contributed by atoms with Crippen molar-refractivity contribution in [3.8, 4) is 0 Å². The lowest BCUT2D eigenvalue weighted by Crippen LogP contribution is -2.65. The number of likely N-dealkylation sites (tertiary alicyclic amines) is 2. The van der Waals surface area contributed by atoms with Gasteiger partial charge in [-0.15, -0.1) is 0 Å². The maximum Gasteiger partial charge on any atom is 0.309 e. The molecular formula is C40H58N4O4. The fraction of sp³-hybridized carbons (Fsp3) is 0.725. The predicted molar refractivity (Wildman–Crippen MR) is 188 cm³/mol. The van der Waals surface area contributed by atoms with E-state index in [0.717, 1.165) is 75.7 Å². The van der Waals surface area contributed by atoms with E-state index in [1.807, 2.05) is 6.92 Å². The van der Waals surface area contributed by atoms with Gasteiger partial charge in [-0.25, -0.2) is 0 Å². The number of aliphatic hydroxyl groups is 1. The first kappa shape index (κ1) is 33.8. The summed E-state index contributed by atoms with van der Waals surface area (Å²) in [5.74, 6) is -1.09. The highest BCUT2D eigenvalue weighted by Crippen LogP contribution is 2.75. The molecule has 2 amide bonds. The molecule has 48 heavy (non-hydrogen) atoms. The number of amides is 2. The van der Waals surface area contributed by atoms with E-state index in [1.165, 1.54) is 31.5 Å². The molecule has 5 aliphatic carbocycles. The molecule has 0 bridgehead atoms. The fourth-order valence-electron chi connectivity index (χ4n) is 12.0. The summed E-state index contributed by atoms with van der Waals surface area (Å²) in [6, 6.07) is 0. The van der Waals surface area contributed by atoms with Gasteiger partial charge in [-0.1, -0.05) is 45.4 Å². The molecule has 5 fully saturated rings. The zero-order valence-electron chi connectivity index (χ0n) is 30.5. The van der Waals surface area contributed by atoms with Crippen LogP contribution in [0.3, 0.4) is 0 Å². The lowest BCUT2D eigenvalue weighted by molar-refractivity contribution is -0.157. The summed E-state index contributed by atoms with van der Waals surface area (Å²) in [5, 5.41) is 16.6. The van der Waals surface area contributed by atoms with Crippen molar-refractivity contribution in [2.75, 3.05) is 46.3 Å². The molecule has 7 aliphatic rings. The van der Waals surface area contributed by atoms with Gasteiger partial charge in [0.05, 0.1) is 0 Å². The van der Waals surface area contributed by atoms with Crippen LogP contribution < -0.4 is 10.6 Å². The smallest absolute Gasteiger partial charge is 0.309 e. The lowest BCUT2D eigenvalue weighted by Gasteiger charge is -2.70. The monoisotopic (exact) mass is 658 g/mol. The van der Waals surface area contributed by atoms with E-state index in [4.69, 9.17) is 0 Å². The normalized spacial score (nSPS) is 40.7. The molecule has 2 unspecified atom stereocenters. The van der Waals surface area contributed by atoms with Gasteiger partial charge in [0, 0.05) is 42.7 Å². The third kappa shape index (κ3) is 5.01. The maximum atomic E-state index is 13.4. The van der Waals surface area contributed by atoms with E-state index in [1.54, 1.807) is 6.08 Å². The molecule has 8 heteroatoms. The minimum absolute atomic E-state index is 0.0144. The van der Waals surface area contributed by atoms with Gasteiger partial charge in [-0.05, 0) is 137 Å². The molecule has 3 saturated carbocycles. The largest absolute Gasteiger partial charge is 0.504 e. The van der Waals surface area contributed by atoms with Crippen LogP contribution in [0, 0.1) is 33.0 Å². The first-order chi connectivity index (χ1) is 22.5. The molecular weight excluding hydrogens is 600 g/mol. The average molecular weight is 659 g/mol. The van der Waals surface area contributed by atoms with Crippen LogP contribution in [0.1, 0.15) is 99.3 Å². The summed E-state index contributed by atoms with van der Waals surface area (Å²) in [7, 11) is 2.19. The Morgan fingerprint density at radius 1 is 0.917 bits per heavy atom. The summed E-state index contributed by atoms with van der Waals surface area (Å²) >= 11 is 0. The number of ketones is 1. The summed E-state index contributed by atoms with van der Waals surface area (Å²) in [6.45, 7) is 19.5. The topological polar surface area (TPSA) is 102 Å². The van der Waals surface area contributed by atoms with Crippen LogP contribution >= 0.6 is 0 Å². The average Bonchev–Trinajstić information content (AvgIpc) is 3.02. The number of hydrogen-bond donors (Lipinski definition) is 3. The van der Waals surface area contributed by atoms with Crippen LogP contribution in [0.25, 0.3) is 0 Å². The van der Waals surface area contributed by atoms with Crippen molar-refractivity contribution in [1.29, 1.82) is 0 Å². The van der Waals surface area contributed by atoms with E-state index < -0.39 is 17.4 Å². The molecule has 2 aliphatic heterocycles. The number of rotatable bonds is 4. The van der Waals surface area contributed by atoms with Gasteiger partial charge in [-0.2, -0.15) is 0 Å². The van der Waals surface area contributed by atoms with Crippen LogP contribution in [0.4, 0.5) is 0 Å². The van der Waals surface area contributed by atoms with Gasteiger partial charge >= 0.3 is 11.8 Å². The Morgan fingerprint density at radius 3 is 2.29 bits per heavy atom. The van der Waals surface area contributed by atoms with Gasteiger partial charge in [0.25, 0.3) is 0 Å². The van der Waals surface area contributed by atoms with Crippen molar-refractivity contribution < 1.29 is 19.5 Å². The minimum Gasteiger partial charge on any atom is -0.504 e. The molecule has 262 valence electrons.